The van der Waals surface area contributed by atoms with Crippen molar-refractivity contribution in [2.75, 3.05) is 6.54 Å². The lowest BCUT2D eigenvalue weighted by atomic mass is 9.93. The molecular formula is C15H20N2O6. The Morgan fingerprint density at radius 3 is 2.09 bits per heavy atom. The highest BCUT2D eigenvalue weighted by molar-refractivity contribution is 6.14. The summed E-state index contributed by atoms with van der Waals surface area (Å²) in [6.07, 6.45) is 1.92. The van der Waals surface area contributed by atoms with Gasteiger partial charge in [-0.3, -0.25) is 28.9 Å². The molecule has 1 aliphatic rings. The van der Waals surface area contributed by atoms with Gasteiger partial charge in [-0.25, -0.2) is 0 Å². The zero-order valence-electron chi connectivity index (χ0n) is 13.2. The van der Waals surface area contributed by atoms with Crippen LogP contribution >= 0.6 is 0 Å². The average Bonchev–Trinajstić information content (AvgIpc) is 2.75. The van der Waals surface area contributed by atoms with Crippen molar-refractivity contribution in [1.29, 1.82) is 0 Å². The highest BCUT2D eigenvalue weighted by Gasteiger charge is 2.30. The number of amides is 3. The molecule has 3 amide bonds. The van der Waals surface area contributed by atoms with E-state index in [0.717, 1.165) is 17.1 Å². The van der Waals surface area contributed by atoms with Gasteiger partial charge in [0.15, 0.2) is 5.78 Å². The van der Waals surface area contributed by atoms with Crippen molar-refractivity contribution in [3.63, 3.8) is 0 Å². The third kappa shape index (κ3) is 5.01. The molecule has 0 aromatic rings. The Kier molecular flexibility index (Phi) is 6.18. The predicted molar refractivity (Wildman–Crippen MR) is 79.1 cm³/mol. The van der Waals surface area contributed by atoms with E-state index in [4.69, 9.17) is 5.11 Å². The van der Waals surface area contributed by atoms with Crippen LogP contribution in [0.4, 0.5) is 0 Å². The van der Waals surface area contributed by atoms with Crippen molar-refractivity contribution in [1.82, 2.24) is 10.2 Å². The van der Waals surface area contributed by atoms with Crippen LogP contribution in [0.25, 0.3) is 0 Å². The van der Waals surface area contributed by atoms with Gasteiger partial charge in [0, 0.05) is 18.6 Å². The van der Waals surface area contributed by atoms with Crippen molar-refractivity contribution < 1.29 is 29.1 Å². The fraction of sp³-hybridized carbons (Fsp3) is 0.533. The predicted octanol–water partition coefficient (Wildman–Crippen LogP) is -0.268. The summed E-state index contributed by atoms with van der Waals surface area (Å²) >= 11 is 0. The second kappa shape index (κ2) is 7.66. The minimum Gasteiger partial charge on any atom is -0.481 e. The summed E-state index contributed by atoms with van der Waals surface area (Å²) < 4.78 is 0. The van der Waals surface area contributed by atoms with Crippen LogP contribution < -0.4 is 5.32 Å². The Hall–Kier alpha value is -2.51. The summed E-state index contributed by atoms with van der Waals surface area (Å²) in [6.45, 7) is 4.35. The third-order valence-corrected chi connectivity index (χ3v) is 3.46. The van der Waals surface area contributed by atoms with Gasteiger partial charge in [0.05, 0.1) is 12.0 Å². The molecule has 0 aromatic heterocycles. The molecule has 0 radical (unpaired) electrons. The van der Waals surface area contributed by atoms with Crippen LogP contribution in [0, 0.1) is 11.8 Å². The monoisotopic (exact) mass is 324 g/mol. The van der Waals surface area contributed by atoms with Crippen molar-refractivity contribution >= 4 is 29.5 Å². The number of carboxylic acids is 1. The van der Waals surface area contributed by atoms with Crippen LogP contribution in [0.1, 0.15) is 27.2 Å². The molecule has 0 bridgehead atoms. The Labute approximate surface area is 133 Å². The maximum Gasteiger partial charge on any atom is 0.306 e. The number of rotatable bonds is 8. The molecule has 0 fully saturated rings. The number of nitrogens with one attached hydrogen (secondary N) is 1. The van der Waals surface area contributed by atoms with Crippen LogP contribution in [0.15, 0.2) is 12.2 Å². The summed E-state index contributed by atoms with van der Waals surface area (Å²) in [7, 11) is 0. The highest BCUT2D eigenvalue weighted by atomic mass is 16.4. The van der Waals surface area contributed by atoms with Gasteiger partial charge in [0.2, 0.25) is 5.91 Å². The number of carboxylic acid groups (broad SMARTS) is 1. The lowest BCUT2D eigenvalue weighted by molar-refractivity contribution is -0.144. The number of hydrogen-bond donors (Lipinski definition) is 2. The maximum absolute atomic E-state index is 12.2. The van der Waals surface area contributed by atoms with E-state index in [1.54, 1.807) is 13.8 Å². The summed E-state index contributed by atoms with van der Waals surface area (Å²) in [5.74, 6) is -4.42. The number of nitrogens with zero attached hydrogens (tertiary/aromatic N) is 1. The molecule has 0 aromatic carbocycles. The number of imide groups is 1. The fourth-order valence-corrected chi connectivity index (χ4v) is 2.08. The summed E-state index contributed by atoms with van der Waals surface area (Å²) in [5, 5.41) is 11.3. The third-order valence-electron chi connectivity index (χ3n) is 3.46. The van der Waals surface area contributed by atoms with E-state index in [2.05, 4.69) is 5.32 Å². The lowest BCUT2D eigenvalue weighted by Gasteiger charge is -2.23. The second-order valence-electron chi connectivity index (χ2n) is 5.79. The smallest absolute Gasteiger partial charge is 0.306 e. The number of hydrogen-bond acceptors (Lipinski definition) is 5. The largest absolute Gasteiger partial charge is 0.481 e. The van der Waals surface area contributed by atoms with Gasteiger partial charge in [0.25, 0.3) is 11.8 Å². The van der Waals surface area contributed by atoms with Gasteiger partial charge < -0.3 is 10.4 Å². The summed E-state index contributed by atoms with van der Waals surface area (Å²) in [4.78, 5) is 58.5. The first-order valence-electron chi connectivity index (χ1n) is 7.22. The van der Waals surface area contributed by atoms with Gasteiger partial charge in [-0.1, -0.05) is 20.8 Å². The SMILES string of the molecule is CC(C)[C@H](NC(=O)CN1C(=O)C=CC1=O)C(=O)C[C@@H](C)C(=O)O. The minimum absolute atomic E-state index is 0.207. The molecule has 1 heterocycles. The average molecular weight is 324 g/mol. The van der Waals surface area contributed by atoms with Gasteiger partial charge in [-0.2, -0.15) is 0 Å². The molecule has 0 aliphatic carbocycles. The van der Waals surface area contributed by atoms with Gasteiger partial charge in [-0.15, -0.1) is 0 Å². The van der Waals surface area contributed by atoms with Crippen LogP contribution in [-0.2, 0) is 24.0 Å². The van der Waals surface area contributed by atoms with E-state index in [1.807, 2.05) is 0 Å². The van der Waals surface area contributed by atoms with Crippen LogP contribution in [0.2, 0.25) is 0 Å². The van der Waals surface area contributed by atoms with Crippen LogP contribution in [0.3, 0.4) is 0 Å². The minimum atomic E-state index is -1.09. The van der Waals surface area contributed by atoms with Gasteiger partial charge in [-0.05, 0) is 5.92 Å². The molecule has 2 N–H and O–H groups in total. The van der Waals surface area contributed by atoms with Gasteiger partial charge >= 0.3 is 5.97 Å². The fourth-order valence-electron chi connectivity index (χ4n) is 2.08. The van der Waals surface area contributed by atoms with E-state index in [9.17, 15) is 24.0 Å². The van der Waals surface area contributed by atoms with E-state index < -0.39 is 48.0 Å². The number of carbonyl (C=O) groups is 5. The van der Waals surface area contributed by atoms with E-state index >= 15 is 0 Å². The van der Waals surface area contributed by atoms with Crippen molar-refractivity contribution in [3.8, 4) is 0 Å². The van der Waals surface area contributed by atoms with E-state index in [-0.39, 0.29) is 12.3 Å². The lowest BCUT2D eigenvalue weighted by Crippen LogP contribution is -2.49. The maximum atomic E-state index is 12.2. The molecule has 1 aliphatic heterocycles. The molecule has 0 saturated heterocycles. The number of aliphatic carboxylic acids is 1. The normalized spacial score (nSPS) is 16.6. The van der Waals surface area contributed by atoms with E-state index in [1.165, 1.54) is 6.92 Å². The first-order valence-corrected chi connectivity index (χ1v) is 7.22. The van der Waals surface area contributed by atoms with E-state index in [0.29, 0.717) is 0 Å². The number of ketones is 1. The molecule has 126 valence electrons. The Bertz CT molecular complexity index is 548. The first kappa shape index (κ1) is 18.5. The molecule has 0 saturated carbocycles. The summed E-state index contributed by atoms with van der Waals surface area (Å²) in [5.41, 5.74) is 0. The molecule has 1 rings (SSSR count). The Morgan fingerprint density at radius 2 is 1.65 bits per heavy atom. The van der Waals surface area contributed by atoms with Crippen molar-refractivity contribution in [2.24, 2.45) is 11.8 Å². The molecule has 8 nitrogen and oxygen atoms in total. The topological polar surface area (TPSA) is 121 Å². The molecule has 23 heavy (non-hydrogen) atoms. The molecule has 0 unspecified atom stereocenters. The van der Waals surface area contributed by atoms with Gasteiger partial charge in [0.1, 0.15) is 6.54 Å². The molecule has 0 spiro atoms. The number of carbonyl (C=O) groups excluding carboxylic acids is 4. The quantitative estimate of drug-likeness (QED) is 0.593. The zero-order chi connectivity index (χ0) is 17.7. The first-order chi connectivity index (χ1) is 10.6. The standard InChI is InChI=1S/C15H20N2O6/c1-8(2)14(10(18)6-9(3)15(22)23)16-11(19)7-17-12(20)4-5-13(17)21/h4-5,8-9,14H,6-7H2,1-3H3,(H,16,19)(H,22,23)/t9-,14+/m1/s1. The molecule has 2 atom stereocenters. The van der Waals surface area contributed by atoms with Crippen LogP contribution in [0.5, 0.6) is 0 Å². The number of Topliss-reactive ketones (excluding diaryl/α,β-unsaturated/α-hetero) is 1. The van der Waals surface area contributed by atoms with Crippen molar-refractivity contribution in [3.05, 3.63) is 12.2 Å². The highest BCUT2D eigenvalue weighted by Crippen LogP contribution is 2.11. The Morgan fingerprint density at radius 1 is 1.13 bits per heavy atom. The van der Waals surface area contributed by atoms with Crippen LogP contribution in [-0.4, -0.2) is 52.1 Å². The molecular weight excluding hydrogens is 304 g/mol. The summed E-state index contributed by atoms with van der Waals surface area (Å²) in [6, 6.07) is -0.870. The Balaban J connectivity index is 2.67. The zero-order valence-corrected chi connectivity index (χ0v) is 13.2. The molecule has 8 heteroatoms. The van der Waals surface area contributed by atoms with Crippen molar-refractivity contribution in [2.45, 2.75) is 33.2 Å². The second-order valence-corrected chi connectivity index (χ2v) is 5.79.